The summed E-state index contributed by atoms with van der Waals surface area (Å²) in [7, 11) is 2.79. The van der Waals surface area contributed by atoms with Crippen molar-refractivity contribution >= 4 is 18.1 Å². The van der Waals surface area contributed by atoms with E-state index in [9.17, 15) is 19.5 Å². The highest BCUT2D eigenvalue weighted by atomic mass is 16.7. The molecular formula is C35H47N7O9. The Morgan fingerprint density at radius 3 is 2.39 bits per heavy atom. The summed E-state index contributed by atoms with van der Waals surface area (Å²) in [6, 6.07) is 12.9. The Hall–Kier alpha value is -4.77. The van der Waals surface area contributed by atoms with E-state index in [1.165, 1.54) is 18.4 Å². The van der Waals surface area contributed by atoms with Crippen LogP contribution in [-0.2, 0) is 36.7 Å². The van der Waals surface area contributed by atoms with Crippen LogP contribution in [0.5, 0.6) is 5.75 Å². The van der Waals surface area contributed by atoms with Crippen molar-refractivity contribution in [1.29, 1.82) is 0 Å². The molecule has 0 radical (unpaired) electrons. The number of hydrogen-bond donors (Lipinski definition) is 4. The number of methoxy groups -OCH3 is 2. The number of carbonyl (C=O) groups is 3. The Bertz CT molecular complexity index is 1580. The van der Waals surface area contributed by atoms with Crippen molar-refractivity contribution < 1.29 is 43.2 Å². The molecule has 6 atom stereocenters. The lowest BCUT2D eigenvalue weighted by Crippen LogP contribution is -2.59. The predicted octanol–water partition coefficient (Wildman–Crippen LogP) is 2.34. The summed E-state index contributed by atoms with van der Waals surface area (Å²) >= 11 is 0. The first kappa shape index (κ1) is 37.5. The van der Waals surface area contributed by atoms with Gasteiger partial charge in [0.05, 0.1) is 51.2 Å². The summed E-state index contributed by atoms with van der Waals surface area (Å²) in [5.41, 5.74) is 4.52. The van der Waals surface area contributed by atoms with Gasteiger partial charge in [-0.3, -0.25) is 10.2 Å². The van der Waals surface area contributed by atoms with Gasteiger partial charge in [0.15, 0.2) is 6.29 Å². The SMILES string of the molecule is COC(=O)N[C@H](C(=O)N[C@@H](Cc1ccc(OC)cc1)[C@@H](O)CN(Cc1ccc(-n2cncn2)cc1)NC(=O)OC1CO[C@H]2OCC[C@@H]12)C(C)(C)C. The molecule has 0 bridgehead atoms. The average molecular weight is 710 g/mol. The number of hydrogen-bond acceptors (Lipinski definition) is 12. The monoisotopic (exact) mass is 709 g/mol. The second-order valence-electron chi connectivity index (χ2n) is 13.6. The number of hydrazine groups is 1. The topological polar surface area (TPSA) is 188 Å². The summed E-state index contributed by atoms with van der Waals surface area (Å²) in [5.74, 6) is 0.0852. The molecule has 3 amide bonds. The lowest BCUT2D eigenvalue weighted by atomic mass is 9.85. The molecule has 2 aliphatic heterocycles. The molecule has 5 rings (SSSR count). The van der Waals surface area contributed by atoms with Crippen LogP contribution in [0.15, 0.2) is 61.2 Å². The second-order valence-corrected chi connectivity index (χ2v) is 13.6. The molecule has 16 heteroatoms. The normalized spacial score (nSPS) is 20.2. The lowest BCUT2D eigenvalue weighted by molar-refractivity contribution is -0.127. The van der Waals surface area contributed by atoms with Crippen molar-refractivity contribution in [2.24, 2.45) is 11.3 Å². The molecule has 276 valence electrons. The van der Waals surface area contributed by atoms with Gasteiger partial charge in [0.1, 0.15) is 30.5 Å². The van der Waals surface area contributed by atoms with Gasteiger partial charge in [-0.25, -0.2) is 24.3 Å². The summed E-state index contributed by atoms with van der Waals surface area (Å²) in [4.78, 5) is 43.2. The van der Waals surface area contributed by atoms with E-state index in [4.69, 9.17) is 23.7 Å². The van der Waals surface area contributed by atoms with E-state index >= 15 is 0 Å². The molecule has 0 aliphatic carbocycles. The van der Waals surface area contributed by atoms with Crippen molar-refractivity contribution in [3.8, 4) is 11.4 Å². The fourth-order valence-corrected chi connectivity index (χ4v) is 6.08. The molecule has 1 unspecified atom stereocenters. The number of fused-ring (bicyclic) bond motifs is 1. The van der Waals surface area contributed by atoms with Gasteiger partial charge < -0.3 is 39.4 Å². The fraction of sp³-hybridized carbons (Fsp3) is 0.514. The van der Waals surface area contributed by atoms with Crippen LogP contribution in [0.4, 0.5) is 9.59 Å². The zero-order chi connectivity index (χ0) is 36.5. The van der Waals surface area contributed by atoms with E-state index in [0.717, 1.165) is 23.2 Å². The van der Waals surface area contributed by atoms with Gasteiger partial charge in [0, 0.05) is 13.1 Å². The number of alkyl carbamates (subject to hydrolysis) is 1. The lowest BCUT2D eigenvalue weighted by Gasteiger charge is -2.34. The third kappa shape index (κ3) is 10.2. The van der Waals surface area contributed by atoms with Crippen LogP contribution in [0, 0.1) is 11.3 Å². The largest absolute Gasteiger partial charge is 0.497 e. The molecule has 16 nitrogen and oxygen atoms in total. The summed E-state index contributed by atoms with van der Waals surface area (Å²) in [6.45, 7) is 6.25. The van der Waals surface area contributed by atoms with E-state index in [0.29, 0.717) is 12.4 Å². The number of ether oxygens (including phenoxy) is 5. The Balaban J connectivity index is 1.36. The molecule has 3 heterocycles. The van der Waals surface area contributed by atoms with E-state index in [1.54, 1.807) is 30.3 Å². The summed E-state index contributed by atoms with van der Waals surface area (Å²) in [6.07, 6.45) is 0.407. The van der Waals surface area contributed by atoms with Crippen LogP contribution in [-0.4, -0.2) is 108 Å². The fourth-order valence-electron chi connectivity index (χ4n) is 6.08. The highest BCUT2D eigenvalue weighted by molar-refractivity contribution is 5.86. The van der Waals surface area contributed by atoms with Crippen LogP contribution in [0.2, 0.25) is 0 Å². The van der Waals surface area contributed by atoms with Crippen molar-refractivity contribution in [1.82, 2.24) is 35.8 Å². The highest BCUT2D eigenvalue weighted by Crippen LogP contribution is 2.33. The smallest absolute Gasteiger partial charge is 0.422 e. The number of nitrogens with one attached hydrogen (secondary N) is 3. The maximum absolute atomic E-state index is 13.8. The van der Waals surface area contributed by atoms with Crippen molar-refractivity contribution in [3.63, 3.8) is 0 Å². The third-order valence-electron chi connectivity index (χ3n) is 8.88. The number of carbonyl (C=O) groups excluding carboxylic acids is 3. The Labute approximate surface area is 296 Å². The number of aromatic nitrogens is 3. The van der Waals surface area contributed by atoms with E-state index in [2.05, 4.69) is 26.1 Å². The van der Waals surface area contributed by atoms with Crippen LogP contribution in [0.3, 0.4) is 0 Å². The molecule has 51 heavy (non-hydrogen) atoms. The Kier molecular flexibility index (Phi) is 12.5. The van der Waals surface area contributed by atoms with Crippen LogP contribution in [0.1, 0.15) is 38.3 Å². The predicted molar refractivity (Wildman–Crippen MR) is 182 cm³/mol. The van der Waals surface area contributed by atoms with E-state index < -0.39 is 54.1 Å². The first-order valence-electron chi connectivity index (χ1n) is 16.8. The van der Waals surface area contributed by atoms with Crippen molar-refractivity contribution in [2.75, 3.05) is 34.0 Å². The van der Waals surface area contributed by atoms with Crippen LogP contribution >= 0.6 is 0 Å². The van der Waals surface area contributed by atoms with E-state index in [-0.39, 0.29) is 32.0 Å². The molecule has 1 aromatic heterocycles. The minimum Gasteiger partial charge on any atom is -0.497 e. The molecule has 2 saturated heterocycles. The van der Waals surface area contributed by atoms with Gasteiger partial charge in [0.25, 0.3) is 0 Å². The standard InChI is InChI=1S/C35H47N7O9/c1-35(2,3)30(39-33(45)48-5)31(44)38-27(16-22-8-12-25(47-4)13-9-22)28(43)18-41(17-23-6-10-24(11-7-23)42-21-36-20-37-42)40-34(46)51-29-19-50-32-26(29)14-15-49-32/h6-13,20-21,26-30,32,43H,14-19H2,1-5H3,(H,38,44)(H,39,45)(H,40,46)/t26-,27-,28-,29?,30+,32+/m0/s1. The van der Waals surface area contributed by atoms with Gasteiger partial charge in [0.2, 0.25) is 5.91 Å². The third-order valence-corrected chi connectivity index (χ3v) is 8.88. The molecule has 0 spiro atoms. The molecule has 4 N–H and O–H groups in total. The summed E-state index contributed by atoms with van der Waals surface area (Å²) < 4.78 is 28.7. The molecule has 3 aromatic rings. The Morgan fingerprint density at radius 2 is 1.75 bits per heavy atom. The molecule has 2 aromatic carbocycles. The molecule has 2 aliphatic rings. The van der Waals surface area contributed by atoms with E-state index in [1.807, 2.05) is 57.2 Å². The number of amides is 3. The minimum atomic E-state index is -1.22. The second kappa shape index (κ2) is 17.0. The number of aliphatic hydroxyl groups excluding tert-OH is 1. The zero-order valence-corrected chi connectivity index (χ0v) is 29.5. The van der Waals surface area contributed by atoms with Crippen molar-refractivity contribution in [2.45, 2.75) is 70.7 Å². The first-order valence-corrected chi connectivity index (χ1v) is 16.8. The molecular weight excluding hydrogens is 662 g/mol. The highest BCUT2D eigenvalue weighted by Gasteiger charge is 2.44. The van der Waals surface area contributed by atoms with Gasteiger partial charge in [-0.1, -0.05) is 45.0 Å². The quantitative estimate of drug-likeness (QED) is 0.179. The van der Waals surface area contributed by atoms with Crippen LogP contribution in [0.25, 0.3) is 5.69 Å². The van der Waals surface area contributed by atoms with Gasteiger partial charge in [-0.05, 0) is 53.6 Å². The van der Waals surface area contributed by atoms with Crippen LogP contribution < -0.4 is 20.8 Å². The maximum Gasteiger partial charge on any atom is 0.422 e. The maximum atomic E-state index is 13.8. The van der Waals surface area contributed by atoms with Crippen molar-refractivity contribution in [3.05, 3.63) is 72.3 Å². The van der Waals surface area contributed by atoms with Gasteiger partial charge >= 0.3 is 12.2 Å². The zero-order valence-electron chi connectivity index (χ0n) is 29.5. The first-order chi connectivity index (χ1) is 24.4. The summed E-state index contributed by atoms with van der Waals surface area (Å²) in [5, 5.41) is 23.1. The molecule has 2 fully saturated rings. The molecule has 0 saturated carbocycles. The number of aliphatic hydroxyl groups is 1. The Morgan fingerprint density at radius 1 is 1.02 bits per heavy atom. The number of rotatable bonds is 14. The number of benzene rings is 2. The van der Waals surface area contributed by atoms with Gasteiger partial charge in [-0.15, -0.1) is 0 Å². The van der Waals surface area contributed by atoms with Gasteiger partial charge in [-0.2, -0.15) is 5.10 Å². The number of nitrogens with zero attached hydrogens (tertiary/aromatic N) is 4. The average Bonchev–Trinajstić information content (AvgIpc) is 3.88. The minimum absolute atomic E-state index is 0.0578.